The Kier molecular flexibility index (Phi) is 13.8. The summed E-state index contributed by atoms with van der Waals surface area (Å²) in [4.78, 5) is 75.1. The number of benzene rings is 3. The first-order valence-electron chi connectivity index (χ1n) is 21.2. The molecule has 4 aromatic rings. The Morgan fingerprint density at radius 3 is 2.48 bits per heavy atom. The van der Waals surface area contributed by atoms with Crippen molar-refractivity contribution in [2.45, 2.75) is 64.2 Å². The van der Waals surface area contributed by atoms with Crippen molar-refractivity contribution >= 4 is 57.6 Å². The van der Waals surface area contributed by atoms with Gasteiger partial charge in [-0.25, -0.2) is 9.97 Å². The number of nitrogens with one attached hydrogen (secondary N) is 3. The highest BCUT2D eigenvalue weighted by atomic mass is 19.4. The second-order valence-corrected chi connectivity index (χ2v) is 16.5. The maximum atomic E-state index is 13.5. The molecule has 17 nitrogen and oxygen atoms in total. The molecule has 0 bridgehead atoms. The van der Waals surface area contributed by atoms with Crippen LogP contribution in [0.4, 0.5) is 30.4 Å². The molecule has 346 valence electrons. The fourth-order valence-electron chi connectivity index (χ4n) is 7.95. The number of hydrogen-bond acceptors (Lipinski definition) is 14. The summed E-state index contributed by atoms with van der Waals surface area (Å²) in [7, 11) is 3.25. The van der Waals surface area contributed by atoms with Gasteiger partial charge >= 0.3 is 6.18 Å². The molecule has 0 spiro atoms. The van der Waals surface area contributed by atoms with Gasteiger partial charge < -0.3 is 40.2 Å². The number of ether oxygens (including phenoxy) is 4. The number of aromatic nitrogens is 2. The number of fused-ring (bicyclic) bond motifs is 2. The Hall–Kier alpha value is -6.54. The van der Waals surface area contributed by atoms with Crippen LogP contribution in [-0.2, 0) is 30.0 Å². The van der Waals surface area contributed by atoms with Crippen LogP contribution in [0.1, 0.15) is 82.7 Å². The van der Waals surface area contributed by atoms with E-state index in [2.05, 4.69) is 25.9 Å². The zero-order chi connectivity index (χ0) is 46.6. The molecule has 7 rings (SSSR count). The summed E-state index contributed by atoms with van der Waals surface area (Å²) in [6.45, 7) is 5.45. The average molecular weight is 905 g/mol. The van der Waals surface area contributed by atoms with E-state index >= 15 is 0 Å². The van der Waals surface area contributed by atoms with Gasteiger partial charge in [0.15, 0.2) is 11.5 Å². The SMILES string of the molecule is COc1cc2nc(C)nc(N[C@H](C)c3cc(N)cc(C(F)(F)F)c3)c2cc1OCC1(CN(C)C(=O)CCOCCOCCNc2cccc3c2C(=O)N(C2CCC(=O)NC2=O)C3=O)CC1. The summed E-state index contributed by atoms with van der Waals surface area (Å²) in [5.41, 5.74) is 6.36. The second kappa shape index (κ2) is 19.3. The van der Waals surface area contributed by atoms with Crippen LogP contribution in [0.3, 0.4) is 0 Å². The molecule has 2 atom stereocenters. The Morgan fingerprint density at radius 1 is 1.02 bits per heavy atom. The monoisotopic (exact) mass is 904 g/mol. The van der Waals surface area contributed by atoms with Crippen molar-refractivity contribution in [3.63, 3.8) is 0 Å². The summed E-state index contributed by atoms with van der Waals surface area (Å²) in [6, 6.07) is 10.1. The number of amides is 5. The molecule has 0 radical (unpaired) electrons. The number of anilines is 3. The first-order chi connectivity index (χ1) is 31.0. The van der Waals surface area contributed by atoms with Crippen LogP contribution in [-0.4, -0.2) is 116 Å². The summed E-state index contributed by atoms with van der Waals surface area (Å²) in [5.74, 6) is -0.699. The standard InChI is InChI=1S/C45H51F3N8O9/c1-25(27-18-28(45(46,47)48)20-29(49)19-27)51-40-31-21-36(35(62-4)22-33(31)52-26(2)53-40)65-24-44(11-12-44)23-55(3)38(58)10-14-63-16-17-64-15-13-50-32-7-5-6-30-39(32)43(61)56(42(30)60)34-8-9-37(57)54-41(34)59/h5-7,18-22,25,34,50H,8-17,23-24,49H2,1-4H3,(H,51,52,53)(H,54,57,59)/t25-,34?/m1/s1. The molecule has 3 heterocycles. The topological polar surface area (TPSA) is 217 Å². The van der Waals surface area contributed by atoms with Crippen LogP contribution in [0.2, 0.25) is 0 Å². The van der Waals surface area contributed by atoms with E-state index in [1.165, 1.54) is 19.2 Å². The molecule has 1 aromatic heterocycles. The molecular weight excluding hydrogens is 854 g/mol. The molecule has 1 unspecified atom stereocenters. The number of halogens is 3. The molecule has 1 saturated heterocycles. The van der Waals surface area contributed by atoms with E-state index in [1.54, 1.807) is 50.1 Å². The van der Waals surface area contributed by atoms with Gasteiger partial charge in [0.25, 0.3) is 11.8 Å². The number of hydrogen-bond donors (Lipinski definition) is 4. The molecule has 65 heavy (non-hydrogen) atoms. The van der Waals surface area contributed by atoms with Gasteiger partial charge in [0, 0.05) is 54.8 Å². The smallest absolute Gasteiger partial charge is 0.416 e. The number of nitrogen functional groups attached to an aromatic ring is 1. The number of nitrogens with zero attached hydrogens (tertiary/aromatic N) is 4. The minimum atomic E-state index is -4.56. The highest BCUT2D eigenvalue weighted by molar-refractivity contribution is 6.25. The largest absolute Gasteiger partial charge is 0.493 e. The Labute approximate surface area is 372 Å². The third kappa shape index (κ3) is 10.7. The van der Waals surface area contributed by atoms with E-state index in [9.17, 15) is 37.1 Å². The van der Waals surface area contributed by atoms with Gasteiger partial charge in [-0.05, 0) is 75.1 Å². The van der Waals surface area contributed by atoms with E-state index in [-0.39, 0.29) is 73.8 Å². The van der Waals surface area contributed by atoms with Crippen molar-refractivity contribution in [3.05, 3.63) is 76.6 Å². The van der Waals surface area contributed by atoms with Gasteiger partial charge in [-0.3, -0.25) is 34.2 Å². The molecule has 2 fully saturated rings. The normalized spacial score (nSPS) is 17.2. The Morgan fingerprint density at radius 2 is 1.77 bits per heavy atom. The van der Waals surface area contributed by atoms with Gasteiger partial charge in [0.05, 0.1) is 74.8 Å². The van der Waals surface area contributed by atoms with Crippen molar-refractivity contribution in [3.8, 4) is 11.5 Å². The third-order valence-corrected chi connectivity index (χ3v) is 11.6. The van der Waals surface area contributed by atoms with Crippen LogP contribution < -0.4 is 31.2 Å². The summed E-state index contributed by atoms with van der Waals surface area (Å²) in [6.07, 6.45) is -2.60. The van der Waals surface area contributed by atoms with E-state index in [4.69, 9.17) is 24.7 Å². The molecule has 1 aliphatic carbocycles. The molecule has 3 aromatic carbocycles. The molecule has 5 amide bonds. The fourth-order valence-corrected chi connectivity index (χ4v) is 7.95. The van der Waals surface area contributed by atoms with E-state index in [0.29, 0.717) is 65.0 Å². The van der Waals surface area contributed by atoms with Crippen molar-refractivity contribution in [2.24, 2.45) is 5.41 Å². The lowest BCUT2D eigenvalue weighted by atomic mass is 10.0. The summed E-state index contributed by atoms with van der Waals surface area (Å²) >= 11 is 0. The Balaban J connectivity index is 0.842. The lowest BCUT2D eigenvalue weighted by molar-refractivity contribution is -0.138. The minimum Gasteiger partial charge on any atom is -0.493 e. The van der Waals surface area contributed by atoms with Gasteiger partial charge in [-0.1, -0.05) is 6.07 Å². The van der Waals surface area contributed by atoms with Crippen molar-refractivity contribution in [2.75, 3.05) is 76.6 Å². The predicted molar refractivity (Wildman–Crippen MR) is 231 cm³/mol. The van der Waals surface area contributed by atoms with E-state index in [1.807, 2.05) is 0 Å². The second-order valence-electron chi connectivity index (χ2n) is 16.5. The van der Waals surface area contributed by atoms with Crippen LogP contribution in [0.25, 0.3) is 10.9 Å². The van der Waals surface area contributed by atoms with Crippen LogP contribution in [0.15, 0.2) is 48.5 Å². The van der Waals surface area contributed by atoms with Gasteiger partial charge in [-0.2, -0.15) is 13.2 Å². The lowest BCUT2D eigenvalue weighted by Gasteiger charge is -2.27. The molecule has 20 heteroatoms. The minimum absolute atomic E-state index is 0.00766. The number of imide groups is 2. The van der Waals surface area contributed by atoms with Crippen molar-refractivity contribution in [1.29, 1.82) is 0 Å². The highest BCUT2D eigenvalue weighted by Crippen LogP contribution is 2.47. The average Bonchev–Trinajstić information content (AvgIpc) is 3.98. The number of carbonyl (C=O) groups excluding carboxylic acids is 5. The van der Waals surface area contributed by atoms with Crippen LogP contribution in [0, 0.1) is 12.3 Å². The number of piperidine rings is 1. The molecule has 2 aliphatic heterocycles. The molecular formula is C45H51F3N8O9. The number of methoxy groups -OCH3 is 1. The maximum absolute atomic E-state index is 13.5. The number of aryl methyl sites for hydroxylation is 1. The first kappa shape index (κ1) is 46.5. The molecule has 5 N–H and O–H groups in total. The highest BCUT2D eigenvalue weighted by Gasteiger charge is 2.46. The number of carbonyl (C=O) groups is 5. The zero-order valence-electron chi connectivity index (χ0n) is 36.4. The van der Waals surface area contributed by atoms with Crippen LogP contribution >= 0.6 is 0 Å². The number of nitrogens with two attached hydrogens (primary N) is 1. The van der Waals surface area contributed by atoms with Crippen molar-refractivity contribution in [1.82, 2.24) is 25.1 Å². The number of rotatable bonds is 20. The lowest BCUT2D eigenvalue weighted by Crippen LogP contribution is -2.54. The number of alkyl halides is 3. The van der Waals surface area contributed by atoms with Gasteiger partial charge in [-0.15, -0.1) is 0 Å². The van der Waals surface area contributed by atoms with E-state index in [0.717, 1.165) is 29.9 Å². The maximum Gasteiger partial charge on any atom is 0.416 e. The Bertz CT molecular complexity index is 2500. The quantitative estimate of drug-likeness (QED) is 0.0505. The molecule has 3 aliphatic rings. The van der Waals surface area contributed by atoms with Crippen LogP contribution in [0.5, 0.6) is 11.5 Å². The van der Waals surface area contributed by atoms with Crippen molar-refractivity contribution < 1.29 is 56.1 Å². The predicted octanol–water partition coefficient (Wildman–Crippen LogP) is 5.27. The molecule has 1 saturated carbocycles. The first-order valence-corrected chi connectivity index (χ1v) is 21.2. The zero-order valence-corrected chi connectivity index (χ0v) is 36.4. The van der Waals surface area contributed by atoms with E-state index < -0.39 is 47.5 Å². The van der Waals surface area contributed by atoms with Gasteiger partial charge in [0.1, 0.15) is 17.7 Å². The van der Waals surface area contributed by atoms with Gasteiger partial charge in [0.2, 0.25) is 17.7 Å². The summed E-state index contributed by atoms with van der Waals surface area (Å²) in [5, 5.41) is 9.11. The summed E-state index contributed by atoms with van der Waals surface area (Å²) < 4.78 is 63.9. The third-order valence-electron chi connectivity index (χ3n) is 11.6. The fraction of sp³-hybridized carbons (Fsp3) is 0.444.